The lowest BCUT2D eigenvalue weighted by molar-refractivity contribution is -0.138. The van der Waals surface area contributed by atoms with Gasteiger partial charge in [-0.2, -0.15) is 13.2 Å². The summed E-state index contributed by atoms with van der Waals surface area (Å²) in [6.07, 6.45) is -4.47. The first-order chi connectivity index (χ1) is 46.6. The van der Waals surface area contributed by atoms with E-state index in [2.05, 4.69) is 69.2 Å². The molecule has 14 heteroatoms. The lowest BCUT2D eigenvalue weighted by atomic mass is 9.80. The Balaban J connectivity index is 0.000000295. The highest BCUT2D eigenvalue weighted by molar-refractivity contribution is 5.81. The van der Waals surface area contributed by atoms with E-state index in [1.165, 1.54) is 43.5 Å². The van der Waals surface area contributed by atoms with Gasteiger partial charge in [-0.25, -0.2) is 0 Å². The van der Waals surface area contributed by atoms with E-state index in [4.69, 9.17) is 35.4 Å². The average molecular weight is 1350 g/mol. The largest absolute Gasteiger partial charge is 0.508 e. The highest BCUT2D eigenvalue weighted by Gasteiger charge is 2.33. The topological polar surface area (TPSA) is 212 Å². The fourth-order valence-electron chi connectivity index (χ4n) is 9.10. The number of hydrogen-bond acceptors (Lipinski definition) is 11. The molecule has 0 aliphatic carbocycles. The monoisotopic (exact) mass is 1350 g/mol. The third-order valence-electron chi connectivity index (χ3n) is 14.7. The Kier molecular flexibility index (Phi) is 33.7. The zero-order valence-corrected chi connectivity index (χ0v) is 59.0. The molecule has 0 amide bonds. The summed E-state index contributed by atoms with van der Waals surface area (Å²) in [4.78, 5) is 0. The van der Waals surface area contributed by atoms with Gasteiger partial charge in [0, 0.05) is 11.1 Å². The van der Waals surface area contributed by atoms with Gasteiger partial charge in [-0.3, -0.25) is 0 Å². The van der Waals surface area contributed by atoms with E-state index in [1.807, 2.05) is 178 Å². The Hall–Kier alpha value is -11.0. The van der Waals surface area contributed by atoms with Crippen LogP contribution in [0.5, 0.6) is 63.2 Å². The van der Waals surface area contributed by atoms with Gasteiger partial charge in [0.05, 0.1) is 12.7 Å². The summed E-state index contributed by atoms with van der Waals surface area (Å²) in [5, 5.41) is 92.4. The molecule has 11 aromatic rings. The molecular formula is C85H97F3O11. The second-order valence-electron chi connectivity index (χ2n) is 25.3. The zero-order chi connectivity index (χ0) is 74.0. The van der Waals surface area contributed by atoms with Crippen molar-refractivity contribution in [2.75, 3.05) is 7.11 Å². The van der Waals surface area contributed by atoms with E-state index >= 15 is 0 Å². The molecule has 0 heterocycles. The first-order valence-corrected chi connectivity index (χ1v) is 32.1. The molecule has 11 nitrogen and oxygen atoms in total. The molecule has 0 aliphatic heterocycles. The van der Waals surface area contributed by atoms with Crippen molar-refractivity contribution in [2.24, 2.45) is 0 Å². The van der Waals surface area contributed by atoms with Gasteiger partial charge in [0.2, 0.25) is 0 Å². The van der Waals surface area contributed by atoms with Gasteiger partial charge in [0.15, 0.2) is 11.5 Å². The van der Waals surface area contributed by atoms with Crippen molar-refractivity contribution in [1.29, 1.82) is 0 Å². The number of aryl methyl sites for hydroxylation is 3. The van der Waals surface area contributed by atoms with Crippen molar-refractivity contribution >= 4 is 0 Å². The predicted molar refractivity (Wildman–Crippen MR) is 397 cm³/mol. The Morgan fingerprint density at radius 2 is 0.616 bits per heavy atom. The number of phenolic OH excluding ortho intramolecular Hbond substituents is 10. The number of methoxy groups -OCH3 is 1. The van der Waals surface area contributed by atoms with Gasteiger partial charge in [0.25, 0.3) is 0 Å². The lowest BCUT2D eigenvalue weighted by Crippen LogP contribution is -2.16. The second kappa shape index (κ2) is 40.5. The van der Waals surface area contributed by atoms with Crippen LogP contribution in [0.25, 0.3) is 22.3 Å². The van der Waals surface area contributed by atoms with Crippen LogP contribution in [0.3, 0.4) is 0 Å². The van der Waals surface area contributed by atoms with Crippen LogP contribution < -0.4 is 4.74 Å². The van der Waals surface area contributed by atoms with Crippen LogP contribution in [0, 0.1) is 20.8 Å². The molecule has 11 rings (SSSR count). The Morgan fingerprint density at radius 3 is 0.929 bits per heavy atom. The number of hydrogen-bond donors (Lipinski definition) is 10. The minimum absolute atomic E-state index is 0.00859. The number of alkyl halides is 3. The van der Waals surface area contributed by atoms with Gasteiger partial charge in [0.1, 0.15) is 51.7 Å². The summed E-state index contributed by atoms with van der Waals surface area (Å²) in [5.74, 6) is 3.44. The number of para-hydroxylation sites is 9. The first-order valence-electron chi connectivity index (χ1n) is 32.1. The maximum atomic E-state index is 11.9. The van der Waals surface area contributed by atoms with Gasteiger partial charge >= 0.3 is 6.18 Å². The molecule has 0 aliphatic rings. The standard InChI is InChI=1S/C18H14O.C14H22O.C12H18O.C8H10O.C7H5F3O.C7H8O2.C7H8O.C6H6O2.C6H6O/c19-18-16(14-8-3-1-4-9-14)12-7-13-17(18)15-10-5-2-6-11-15;1-13(2,3)10-8-7-9-11(12(10)15)14(4,5)6;1-8(2)10-6-5-7-11(9(3)4)12(10)13;1-6-4-3-5-7(2)8(6)9;8-7(9,10)5-3-1-2-4-6(5)11;1-9-7-5-3-2-4-6(7)8;1-6-4-2-3-5-7(6)8;7-5-1-2-6(8)4-3-5;7-6-4-2-1-3-5-6/h1-13,19H;7-9,15H,1-6H3;5-9,13H,1-4H3;3-5,9H,1-2H3;1-4,11H;2-5,8H,1H3;2-5,8H,1H3;1-4,7-8H;1-5,7H. The normalized spacial score (nSPS) is 10.5. The molecule has 0 bridgehead atoms. The van der Waals surface area contributed by atoms with Crippen LogP contribution in [-0.4, -0.2) is 58.2 Å². The molecule has 0 atom stereocenters. The van der Waals surface area contributed by atoms with E-state index in [0.29, 0.717) is 52.1 Å². The maximum Gasteiger partial charge on any atom is 0.419 e. The van der Waals surface area contributed by atoms with E-state index in [-0.39, 0.29) is 28.1 Å². The smallest absolute Gasteiger partial charge is 0.419 e. The molecule has 0 aromatic heterocycles. The van der Waals surface area contributed by atoms with Crippen molar-refractivity contribution in [2.45, 2.75) is 119 Å². The molecule has 99 heavy (non-hydrogen) atoms. The van der Waals surface area contributed by atoms with Crippen molar-refractivity contribution in [1.82, 2.24) is 0 Å². The van der Waals surface area contributed by atoms with E-state index in [9.17, 15) is 33.6 Å². The molecule has 524 valence electrons. The number of halogens is 3. The molecule has 0 unspecified atom stereocenters. The van der Waals surface area contributed by atoms with Crippen LogP contribution in [0.4, 0.5) is 13.2 Å². The molecular weight excluding hydrogens is 1250 g/mol. The fourth-order valence-corrected chi connectivity index (χ4v) is 9.10. The number of rotatable bonds is 5. The molecule has 0 saturated heterocycles. The van der Waals surface area contributed by atoms with Crippen LogP contribution in [0.15, 0.2) is 261 Å². The van der Waals surface area contributed by atoms with Crippen molar-refractivity contribution < 1.29 is 69.0 Å². The number of aromatic hydroxyl groups is 10. The summed E-state index contributed by atoms with van der Waals surface area (Å²) in [7, 11) is 1.52. The predicted octanol–water partition coefficient (Wildman–Crippen LogP) is 22.4. The van der Waals surface area contributed by atoms with Gasteiger partial charge < -0.3 is 55.8 Å². The summed E-state index contributed by atoms with van der Waals surface area (Å²) in [6.45, 7) is 26.8. The maximum absolute atomic E-state index is 11.9. The lowest BCUT2D eigenvalue weighted by Gasteiger charge is -2.26. The molecule has 0 saturated carbocycles. The van der Waals surface area contributed by atoms with Crippen LogP contribution >= 0.6 is 0 Å². The van der Waals surface area contributed by atoms with Crippen LogP contribution in [0.1, 0.15) is 126 Å². The summed E-state index contributed by atoms with van der Waals surface area (Å²) >= 11 is 0. The molecule has 11 aromatic carbocycles. The average Bonchev–Trinajstić information content (AvgIpc) is 0.828. The number of phenols is 10. The Morgan fingerprint density at radius 1 is 0.293 bits per heavy atom. The van der Waals surface area contributed by atoms with E-state index < -0.39 is 17.5 Å². The highest BCUT2D eigenvalue weighted by atomic mass is 19.4. The molecule has 0 spiro atoms. The summed E-state index contributed by atoms with van der Waals surface area (Å²) in [6, 6.07) is 76.4. The second-order valence-corrected chi connectivity index (χ2v) is 25.3. The minimum atomic E-state index is -4.47. The van der Waals surface area contributed by atoms with Crippen molar-refractivity contribution in [3.05, 3.63) is 305 Å². The summed E-state index contributed by atoms with van der Waals surface area (Å²) in [5.41, 5.74) is 9.70. The first kappa shape index (κ1) is 82.2. The SMILES string of the molecule is CC(C)(C)c1cccc(C(C)(C)C)c1O.CC(C)c1cccc(C(C)C)c1O.COc1ccccc1O.Cc1cccc(C)c1O.Cc1ccccc1O.Oc1c(-c2ccccc2)cccc1-c1ccccc1.Oc1ccc(O)cc1.Oc1ccccc1.Oc1ccccc1C(F)(F)F. The highest BCUT2D eigenvalue weighted by Crippen LogP contribution is 2.40. The Labute approximate surface area is 583 Å². The number of ether oxygens (including phenoxy) is 1. The Bertz CT molecular complexity index is 3930. The van der Waals surface area contributed by atoms with E-state index in [1.54, 1.807) is 54.6 Å². The zero-order valence-electron chi connectivity index (χ0n) is 59.0. The molecule has 0 fully saturated rings. The number of benzene rings is 11. The minimum Gasteiger partial charge on any atom is -0.508 e. The molecule has 10 N–H and O–H groups in total. The van der Waals surface area contributed by atoms with Gasteiger partial charge in [-0.15, -0.1) is 0 Å². The van der Waals surface area contributed by atoms with Crippen molar-refractivity contribution in [3.8, 4) is 85.5 Å². The van der Waals surface area contributed by atoms with Gasteiger partial charge in [-0.05, 0) is 160 Å². The van der Waals surface area contributed by atoms with Crippen LogP contribution in [0.2, 0.25) is 0 Å². The fraction of sp³-hybridized carbons (Fsp3) is 0.224. The van der Waals surface area contributed by atoms with Crippen molar-refractivity contribution in [3.63, 3.8) is 0 Å². The third-order valence-corrected chi connectivity index (χ3v) is 14.7. The third kappa shape index (κ3) is 28.7. The van der Waals surface area contributed by atoms with E-state index in [0.717, 1.165) is 73.3 Å². The summed E-state index contributed by atoms with van der Waals surface area (Å²) < 4.78 is 40.5. The quantitative estimate of drug-likeness (QED) is 0.0733. The van der Waals surface area contributed by atoms with Gasteiger partial charge in [-0.1, -0.05) is 263 Å². The molecule has 0 radical (unpaired) electrons. The van der Waals surface area contributed by atoms with Crippen LogP contribution in [-0.2, 0) is 17.0 Å².